The van der Waals surface area contributed by atoms with Crippen LogP contribution in [0.1, 0.15) is 21.9 Å². The van der Waals surface area contributed by atoms with E-state index in [4.69, 9.17) is 4.42 Å². The molecule has 0 radical (unpaired) electrons. The Hall–Kier alpha value is -2.09. The molecule has 0 aromatic carbocycles. The number of hydrogen-bond donors (Lipinski definition) is 2. The van der Waals surface area contributed by atoms with E-state index in [9.17, 15) is 9.59 Å². The van der Waals surface area contributed by atoms with E-state index < -0.39 is 5.91 Å². The summed E-state index contributed by atoms with van der Waals surface area (Å²) in [6.45, 7) is 3.73. The smallest absolute Gasteiger partial charge is 0.305 e. The van der Waals surface area contributed by atoms with Crippen molar-refractivity contribution < 1.29 is 14.0 Å². The number of hydrazine groups is 1. The van der Waals surface area contributed by atoms with Gasteiger partial charge in [0.2, 0.25) is 0 Å². The van der Waals surface area contributed by atoms with E-state index in [0.29, 0.717) is 4.67 Å². The van der Waals surface area contributed by atoms with E-state index in [0.717, 1.165) is 11.4 Å². The number of halogens is 1. The highest BCUT2D eigenvalue weighted by Gasteiger charge is 2.12. The molecule has 2 amide bonds. The molecule has 0 saturated carbocycles. The molecule has 2 aromatic rings. The van der Waals surface area contributed by atoms with E-state index in [1.807, 2.05) is 19.9 Å². The number of amides is 2. The van der Waals surface area contributed by atoms with Crippen LogP contribution in [0.4, 0.5) is 0 Å². The molecule has 0 aliphatic heterocycles. The zero-order valence-electron chi connectivity index (χ0n) is 10.9. The fourth-order valence-corrected chi connectivity index (χ4v) is 1.94. The Labute approximate surface area is 123 Å². The third-order valence-corrected chi connectivity index (χ3v) is 2.94. The number of aryl methyl sites for hydroxylation is 2. The molecule has 0 bridgehead atoms. The summed E-state index contributed by atoms with van der Waals surface area (Å²) in [4.78, 5) is 23.3. The molecule has 0 spiro atoms. The minimum absolute atomic E-state index is 0.0296. The lowest BCUT2D eigenvalue weighted by atomic mass is 10.4. The van der Waals surface area contributed by atoms with Gasteiger partial charge in [-0.25, -0.2) is 0 Å². The molecule has 106 valence electrons. The van der Waals surface area contributed by atoms with Gasteiger partial charge in [0.05, 0.1) is 5.69 Å². The van der Waals surface area contributed by atoms with Gasteiger partial charge in [-0.15, -0.1) is 0 Å². The van der Waals surface area contributed by atoms with Crippen LogP contribution in [-0.4, -0.2) is 21.6 Å². The molecule has 2 aromatic heterocycles. The van der Waals surface area contributed by atoms with Gasteiger partial charge in [-0.3, -0.25) is 25.1 Å². The van der Waals surface area contributed by atoms with Crippen LogP contribution in [0.15, 0.2) is 27.3 Å². The third-order valence-electron chi connectivity index (χ3n) is 2.51. The highest BCUT2D eigenvalue weighted by molar-refractivity contribution is 9.10. The predicted molar refractivity (Wildman–Crippen MR) is 73.7 cm³/mol. The number of furan rings is 1. The van der Waals surface area contributed by atoms with Gasteiger partial charge in [0.1, 0.15) is 6.54 Å². The van der Waals surface area contributed by atoms with Gasteiger partial charge in [-0.1, -0.05) is 0 Å². The normalized spacial score (nSPS) is 10.3. The minimum atomic E-state index is -0.530. The van der Waals surface area contributed by atoms with Gasteiger partial charge in [-0.05, 0) is 48.0 Å². The largest absolute Gasteiger partial charge is 0.444 e. The summed E-state index contributed by atoms with van der Waals surface area (Å²) in [5.41, 5.74) is 6.27. The first-order valence-corrected chi connectivity index (χ1v) is 6.60. The summed E-state index contributed by atoms with van der Waals surface area (Å²) >= 11 is 3.09. The van der Waals surface area contributed by atoms with Crippen LogP contribution < -0.4 is 10.9 Å². The first-order valence-electron chi connectivity index (χ1n) is 5.81. The van der Waals surface area contributed by atoms with Gasteiger partial charge < -0.3 is 4.42 Å². The molecule has 0 unspecified atom stereocenters. The monoisotopic (exact) mass is 340 g/mol. The van der Waals surface area contributed by atoms with Crippen molar-refractivity contribution in [3.05, 3.63) is 40.0 Å². The maximum atomic E-state index is 11.7. The number of hydrogen-bond acceptors (Lipinski definition) is 4. The molecule has 0 aliphatic carbocycles. The molecule has 0 saturated heterocycles. The van der Waals surface area contributed by atoms with Gasteiger partial charge >= 0.3 is 5.91 Å². The Morgan fingerprint density at radius 2 is 2.10 bits per heavy atom. The van der Waals surface area contributed by atoms with Crippen molar-refractivity contribution in [1.29, 1.82) is 0 Å². The predicted octanol–water partition coefficient (Wildman–Crippen LogP) is 1.32. The molecule has 8 heteroatoms. The lowest BCUT2D eigenvalue weighted by Gasteiger charge is -2.07. The maximum absolute atomic E-state index is 11.7. The number of rotatable bonds is 3. The summed E-state index contributed by atoms with van der Waals surface area (Å²) < 4.78 is 7.05. The number of nitrogens with one attached hydrogen (secondary N) is 2. The average molecular weight is 341 g/mol. The lowest BCUT2D eigenvalue weighted by molar-refractivity contribution is -0.122. The van der Waals surface area contributed by atoms with Crippen LogP contribution in [0.5, 0.6) is 0 Å². The second-order valence-electron chi connectivity index (χ2n) is 4.19. The minimum Gasteiger partial charge on any atom is -0.444 e. The van der Waals surface area contributed by atoms with Crippen LogP contribution in [0.25, 0.3) is 0 Å². The van der Waals surface area contributed by atoms with E-state index >= 15 is 0 Å². The molecule has 0 fully saturated rings. The van der Waals surface area contributed by atoms with Gasteiger partial charge in [0.25, 0.3) is 5.91 Å². The molecule has 2 rings (SSSR count). The Morgan fingerprint density at radius 3 is 2.65 bits per heavy atom. The molecule has 0 atom stereocenters. The van der Waals surface area contributed by atoms with E-state index in [2.05, 4.69) is 31.9 Å². The zero-order valence-corrected chi connectivity index (χ0v) is 12.5. The van der Waals surface area contributed by atoms with Crippen molar-refractivity contribution in [2.75, 3.05) is 0 Å². The van der Waals surface area contributed by atoms with Crippen molar-refractivity contribution in [3.63, 3.8) is 0 Å². The van der Waals surface area contributed by atoms with Crippen molar-refractivity contribution in [2.24, 2.45) is 0 Å². The highest BCUT2D eigenvalue weighted by atomic mass is 79.9. The standard InChI is InChI=1S/C12H13BrN4O3/c1-7-5-8(2)17(16-7)6-11(18)14-15-12(19)9-3-4-10(13)20-9/h3-5H,6H2,1-2H3,(H,14,18)(H,15,19). The van der Waals surface area contributed by atoms with E-state index in [-0.39, 0.29) is 18.2 Å². The van der Waals surface area contributed by atoms with Crippen LogP contribution in [0.2, 0.25) is 0 Å². The van der Waals surface area contributed by atoms with Crippen LogP contribution in [-0.2, 0) is 11.3 Å². The summed E-state index contributed by atoms with van der Waals surface area (Å²) in [5, 5.41) is 4.16. The summed E-state index contributed by atoms with van der Waals surface area (Å²) in [5.74, 6) is -0.809. The Morgan fingerprint density at radius 1 is 1.35 bits per heavy atom. The van der Waals surface area contributed by atoms with Crippen molar-refractivity contribution in [1.82, 2.24) is 20.6 Å². The quantitative estimate of drug-likeness (QED) is 0.824. The Bertz CT molecular complexity index is 647. The second kappa shape index (κ2) is 5.91. The zero-order chi connectivity index (χ0) is 14.7. The van der Waals surface area contributed by atoms with Gasteiger partial charge in [0, 0.05) is 5.69 Å². The van der Waals surface area contributed by atoms with Gasteiger partial charge in [0.15, 0.2) is 10.4 Å². The number of nitrogens with zero attached hydrogens (tertiary/aromatic N) is 2. The molecular weight excluding hydrogens is 328 g/mol. The van der Waals surface area contributed by atoms with E-state index in [1.54, 1.807) is 10.7 Å². The van der Waals surface area contributed by atoms with Crippen LogP contribution in [0.3, 0.4) is 0 Å². The second-order valence-corrected chi connectivity index (χ2v) is 4.97. The van der Waals surface area contributed by atoms with E-state index in [1.165, 1.54) is 6.07 Å². The van der Waals surface area contributed by atoms with Crippen molar-refractivity contribution >= 4 is 27.7 Å². The van der Waals surface area contributed by atoms with Gasteiger partial charge in [-0.2, -0.15) is 5.10 Å². The lowest BCUT2D eigenvalue weighted by Crippen LogP contribution is -2.43. The molecule has 7 nitrogen and oxygen atoms in total. The topological polar surface area (TPSA) is 89.2 Å². The number of aromatic nitrogens is 2. The SMILES string of the molecule is Cc1cc(C)n(CC(=O)NNC(=O)c2ccc(Br)o2)n1. The highest BCUT2D eigenvalue weighted by Crippen LogP contribution is 2.13. The fraction of sp³-hybridized carbons (Fsp3) is 0.250. The number of carbonyl (C=O) groups is 2. The molecular formula is C12H13BrN4O3. The summed E-state index contributed by atoms with van der Waals surface area (Å²) in [7, 11) is 0. The molecule has 2 heterocycles. The molecule has 20 heavy (non-hydrogen) atoms. The number of carbonyl (C=O) groups excluding carboxylic acids is 2. The summed E-state index contributed by atoms with van der Waals surface area (Å²) in [6.07, 6.45) is 0. The Balaban J connectivity index is 1.86. The van der Waals surface area contributed by atoms with Crippen molar-refractivity contribution in [2.45, 2.75) is 20.4 Å². The molecule has 0 aliphatic rings. The first-order chi connectivity index (χ1) is 9.45. The first kappa shape index (κ1) is 14.3. The van der Waals surface area contributed by atoms with Crippen LogP contribution in [0, 0.1) is 13.8 Å². The Kier molecular flexibility index (Phi) is 4.23. The fourth-order valence-electron chi connectivity index (χ4n) is 1.63. The summed E-state index contributed by atoms with van der Waals surface area (Å²) in [6, 6.07) is 4.95. The average Bonchev–Trinajstić information content (AvgIpc) is 2.93. The van der Waals surface area contributed by atoms with Crippen LogP contribution >= 0.6 is 15.9 Å². The molecule has 2 N–H and O–H groups in total. The maximum Gasteiger partial charge on any atom is 0.305 e. The van der Waals surface area contributed by atoms with Crippen molar-refractivity contribution in [3.8, 4) is 0 Å². The third kappa shape index (κ3) is 3.47.